The van der Waals surface area contributed by atoms with Crippen LogP contribution in [0, 0.1) is 0 Å². The number of hydrogen-bond donors (Lipinski definition) is 2. The van der Waals surface area contributed by atoms with Crippen molar-refractivity contribution in [3.63, 3.8) is 0 Å². The Bertz CT molecular complexity index is 1060. The van der Waals surface area contributed by atoms with Gasteiger partial charge in [-0.3, -0.25) is 0 Å². The number of H-pyrrole nitrogens is 1. The Morgan fingerprint density at radius 3 is 3.08 bits per heavy atom. The van der Waals surface area contributed by atoms with Crippen LogP contribution in [0.4, 0.5) is 5.82 Å². The van der Waals surface area contributed by atoms with Crippen molar-refractivity contribution in [1.29, 1.82) is 0 Å². The van der Waals surface area contributed by atoms with Crippen molar-refractivity contribution in [2.24, 2.45) is 0 Å². The second kappa shape index (κ2) is 6.30. The van der Waals surface area contributed by atoms with Crippen LogP contribution in [-0.4, -0.2) is 56.7 Å². The topological polar surface area (TPSA) is 82.6 Å². The summed E-state index contributed by atoms with van der Waals surface area (Å²) in [4.78, 5) is 7.34. The summed E-state index contributed by atoms with van der Waals surface area (Å²) in [5.41, 5.74) is 1.90. The summed E-state index contributed by atoms with van der Waals surface area (Å²) >= 11 is 1.76. The molecule has 7 nitrogen and oxygen atoms in total. The molecule has 0 aliphatic carbocycles. The third kappa shape index (κ3) is 2.71. The fraction of sp³-hybridized carbons (Fsp3) is 0.333. The van der Waals surface area contributed by atoms with Gasteiger partial charge in [-0.15, -0.1) is 16.4 Å². The number of piperidine rings is 1. The summed E-state index contributed by atoms with van der Waals surface area (Å²) in [6, 6.07) is 8.79. The molecule has 0 saturated carbocycles. The quantitative estimate of drug-likeness (QED) is 0.580. The van der Waals surface area contributed by atoms with E-state index in [4.69, 9.17) is 4.98 Å². The molecule has 1 fully saturated rings. The molecule has 4 heterocycles. The molecular formula is C18H19N7S. The highest BCUT2D eigenvalue weighted by atomic mass is 32.1. The van der Waals surface area contributed by atoms with E-state index in [1.807, 2.05) is 6.07 Å². The number of hydrogen-bond acceptors (Lipinski definition) is 7. The summed E-state index contributed by atoms with van der Waals surface area (Å²) in [5.74, 6) is 1.63. The predicted octanol–water partition coefficient (Wildman–Crippen LogP) is 3.14. The second-order valence-corrected chi connectivity index (χ2v) is 7.77. The van der Waals surface area contributed by atoms with Crippen LogP contribution in [-0.2, 0) is 0 Å². The van der Waals surface area contributed by atoms with Gasteiger partial charge in [0.25, 0.3) is 0 Å². The predicted molar refractivity (Wildman–Crippen MR) is 104 cm³/mol. The molecule has 0 radical (unpaired) electrons. The number of likely N-dealkylation sites (tertiary alicyclic amines) is 1. The van der Waals surface area contributed by atoms with Crippen LogP contribution in [0.15, 0.2) is 29.6 Å². The number of fused-ring (bicyclic) bond motifs is 3. The molecule has 1 atom stereocenters. The first-order chi connectivity index (χ1) is 12.8. The van der Waals surface area contributed by atoms with Crippen molar-refractivity contribution in [3.05, 3.63) is 29.6 Å². The second-order valence-electron chi connectivity index (χ2n) is 6.85. The van der Waals surface area contributed by atoms with Crippen LogP contribution >= 0.6 is 11.3 Å². The van der Waals surface area contributed by atoms with Gasteiger partial charge in [-0.2, -0.15) is 0 Å². The Hall–Kier alpha value is -2.58. The van der Waals surface area contributed by atoms with Crippen LogP contribution in [0.3, 0.4) is 0 Å². The van der Waals surface area contributed by atoms with Gasteiger partial charge in [-0.1, -0.05) is 12.1 Å². The van der Waals surface area contributed by atoms with Crippen LogP contribution in [0.5, 0.6) is 0 Å². The molecule has 1 saturated heterocycles. The van der Waals surface area contributed by atoms with E-state index in [1.54, 1.807) is 11.3 Å². The first-order valence-corrected chi connectivity index (χ1v) is 9.66. The van der Waals surface area contributed by atoms with Gasteiger partial charge in [-0.05, 0) is 54.4 Å². The molecule has 132 valence electrons. The SMILES string of the molecule is CN1CCCC(Nc2nc3cc(-c4nnn[nH]4)ccc3c3sccc23)C1. The smallest absolute Gasteiger partial charge is 0.179 e. The van der Waals surface area contributed by atoms with E-state index in [-0.39, 0.29) is 0 Å². The highest BCUT2D eigenvalue weighted by Crippen LogP contribution is 2.35. The molecule has 1 aromatic carbocycles. The summed E-state index contributed by atoms with van der Waals surface area (Å²) in [6.45, 7) is 2.22. The van der Waals surface area contributed by atoms with Crippen molar-refractivity contribution in [2.75, 3.05) is 25.5 Å². The van der Waals surface area contributed by atoms with E-state index in [1.165, 1.54) is 29.5 Å². The Balaban J connectivity index is 1.60. The van der Waals surface area contributed by atoms with Gasteiger partial charge in [0.2, 0.25) is 0 Å². The Morgan fingerprint density at radius 2 is 2.23 bits per heavy atom. The minimum Gasteiger partial charge on any atom is -0.365 e. The third-order valence-electron chi connectivity index (χ3n) is 4.98. The zero-order chi connectivity index (χ0) is 17.5. The zero-order valence-electron chi connectivity index (χ0n) is 14.4. The van der Waals surface area contributed by atoms with Gasteiger partial charge in [0.15, 0.2) is 5.82 Å². The standard InChI is InChI=1S/C18H19N7S/c1-25-7-2-3-12(10-25)19-18-14-6-8-26-16(14)13-5-4-11(9-15(13)20-18)17-21-23-24-22-17/h4-6,8-9,12H,2-3,7,10H2,1H3,(H,19,20)(H,21,22,23,24). The van der Waals surface area contributed by atoms with Crippen molar-refractivity contribution in [3.8, 4) is 11.4 Å². The maximum atomic E-state index is 4.96. The lowest BCUT2D eigenvalue weighted by Gasteiger charge is -2.30. The maximum Gasteiger partial charge on any atom is 0.179 e. The van der Waals surface area contributed by atoms with E-state index in [2.05, 4.69) is 61.5 Å². The van der Waals surface area contributed by atoms with Gasteiger partial charge in [0.05, 0.1) is 5.52 Å². The molecular weight excluding hydrogens is 346 g/mol. The Morgan fingerprint density at radius 1 is 1.27 bits per heavy atom. The fourth-order valence-corrected chi connectivity index (χ4v) is 4.65. The van der Waals surface area contributed by atoms with Gasteiger partial charge in [-0.25, -0.2) is 10.1 Å². The lowest BCUT2D eigenvalue weighted by molar-refractivity contribution is 0.261. The molecule has 0 amide bonds. The van der Waals surface area contributed by atoms with Gasteiger partial charge in [0, 0.05) is 33.6 Å². The van der Waals surface area contributed by atoms with Crippen molar-refractivity contribution in [2.45, 2.75) is 18.9 Å². The highest BCUT2D eigenvalue weighted by Gasteiger charge is 2.19. The van der Waals surface area contributed by atoms with Crippen LogP contribution in [0.2, 0.25) is 0 Å². The lowest BCUT2D eigenvalue weighted by Crippen LogP contribution is -2.39. The van der Waals surface area contributed by atoms with Crippen LogP contribution in [0.1, 0.15) is 12.8 Å². The number of thiophene rings is 1. The minimum absolute atomic E-state index is 0.434. The summed E-state index contributed by atoms with van der Waals surface area (Å²) in [6.07, 6.45) is 2.40. The third-order valence-corrected chi connectivity index (χ3v) is 5.93. The molecule has 5 rings (SSSR count). The lowest BCUT2D eigenvalue weighted by atomic mass is 10.1. The number of benzene rings is 1. The number of nitrogens with one attached hydrogen (secondary N) is 2. The molecule has 0 spiro atoms. The number of nitrogens with zero attached hydrogens (tertiary/aromatic N) is 5. The number of aromatic amines is 1. The Kier molecular flexibility index (Phi) is 3.79. The monoisotopic (exact) mass is 365 g/mol. The van der Waals surface area contributed by atoms with Crippen LogP contribution in [0.25, 0.3) is 32.4 Å². The first-order valence-electron chi connectivity index (χ1n) is 8.78. The maximum absolute atomic E-state index is 4.96. The molecule has 0 bridgehead atoms. The van der Waals surface area contributed by atoms with E-state index >= 15 is 0 Å². The van der Waals surface area contributed by atoms with Crippen molar-refractivity contribution >= 4 is 38.1 Å². The van der Waals surface area contributed by atoms with Gasteiger partial charge in [0.1, 0.15) is 5.82 Å². The number of tetrazole rings is 1. The molecule has 8 heteroatoms. The fourth-order valence-electron chi connectivity index (χ4n) is 3.72. The zero-order valence-corrected chi connectivity index (χ0v) is 15.3. The summed E-state index contributed by atoms with van der Waals surface area (Å²) < 4.78 is 1.27. The average molecular weight is 365 g/mol. The van der Waals surface area contributed by atoms with E-state index in [0.717, 1.165) is 28.8 Å². The van der Waals surface area contributed by atoms with E-state index in [9.17, 15) is 0 Å². The van der Waals surface area contributed by atoms with Crippen LogP contribution < -0.4 is 5.32 Å². The number of aromatic nitrogens is 5. The minimum atomic E-state index is 0.434. The Labute approximate surface area is 154 Å². The van der Waals surface area contributed by atoms with E-state index < -0.39 is 0 Å². The molecule has 1 aliphatic rings. The summed E-state index contributed by atoms with van der Waals surface area (Å²) in [7, 11) is 2.18. The molecule has 2 N–H and O–H groups in total. The molecule has 1 unspecified atom stereocenters. The highest BCUT2D eigenvalue weighted by molar-refractivity contribution is 7.18. The molecule has 4 aromatic rings. The number of likely N-dealkylation sites (N-methyl/N-ethyl adjacent to an activating group) is 1. The number of rotatable bonds is 3. The first kappa shape index (κ1) is 15.7. The molecule has 1 aliphatic heterocycles. The van der Waals surface area contributed by atoms with Gasteiger partial charge < -0.3 is 10.2 Å². The van der Waals surface area contributed by atoms with Crippen molar-refractivity contribution in [1.82, 2.24) is 30.5 Å². The molecule has 3 aromatic heterocycles. The largest absolute Gasteiger partial charge is 0.365 e. The molecule has 26 heavy (non-hydrogen) atoms. The summed E-state index contributed by atoms with van der Waals surface area (Å²) in [5, 5.41) is 22.3. The number of pyridine rings is 1. The van der Waals surface area contributed by atoms with E-state index in [0.29, 0.717) is 11.9 Å². The van der Waals surface area contributed by atoms with Crippen molar-refractivity contribution < 1.29 is 0 Å². The van der Waals surface area contributed by atoms with Gasteiger partial charge >= 0.3 is 0 Å². The average Bonchev–Trinajstić information content (AvgIpc) is 3.33. The normalized spacial score (nSPS) is 18.6. The number of anilines is 1.